The summed E-state index contributed by atoms with van der Waals surface area (Å²) < 4.78 is 34.9. The molecule has 0 unspecified atom stereocenters. The van der Waals surface area contributed by atoms with Crippen molar-refractivity contribution in [3.63, 3.8) is 0 Å². The first kappa shape index (κ1) is 21.6. The van der Waals surface area contributed by atoms with E-state index in [4.69, 9.17) is 4.74 Å². The molecule has 1 aromatic heterocycles. The van der Waals surface area contributed by atoms with Crippen LogP contribution in [0.25, 0.3) is 5.69 Å². The van der Waals surface area contributed by atoms with Gasteiger partial charge in [-0.15, -0.1) is 0 Å². The van der Waals surface area contributed by atoms with E-state index in [1.54, 1.807) is 24.3 Å². The van der Waals surface area contributed by atoms with Crippen molar-refractivity contribution in [2.75, 3.05) is 20.2 Å². The monoisotopic (exact) mass is 427 g/mol. The number of nitrogens with zero attached hydrogens (tertiary/aromatic N) is 1. The third kappa shape index (κ3) is 4.90. The third-order valence-corrected chi connectivity index (χ3v) is 6.29. The number of hydrogen-bond donors (Lipinski definition) is 2. The Labute approximate surface area is 176 Å². The molecule has 0 bridgehead atoms. The van der Waals surface area contributed by atoms with E-state index in [2.05, 4.69) is 10.0 Å². The molecule has 0 saturated carbocycles. The summed E-state index contributed by atoms with van der Waals surface area (Å²) in [6.07, 6.45) is 3.84. The molecule has 0 radical (unpaired) electrons. The zero-order valence-corrected chi connectivity index (χ0v) is 18.0. The van der Waals surface area contributed by atoms with Gasteiger partial charge in [0.1, 0.15) is 10.6 Å². The first-order valence-electron chi connectivity index (χ1n) is 9.48. The van der Waals surface area contributed by atoms with Gasteiger partial charge in [0, 0.05) is 36.7 Å². The fourth-order valence-electron chi connectivity index (χ4n) is 2.97. The first-order chi connectivity index (χ1) is 14.3. The van der Waals surface area contributed by atoms with Gasteiger partial charge in [0.2, 0.25) is 10.0 Å². The van der Waals surface area contributed by atoms with Crippen molar-refractivity contribution in [1.29, 1.82) is 0 Å². The minimum Gasteiger partial charge on any atom is -0.495 e. The van der Waals surface area contributed by atoms with Gasteiger partial charge in [-0.25, -0.2) is 13.1 Å². The van der Waals surface area contributed by atoms with E-state index in [0.717, 1.165) is 16.8 Å². The number of amides is 1. The molecule has 30 heavy (non-hydrogen) atoms. The van der Waals surface area contributed by atoms with Crippen LogP contribution in [0.3, 0.4) is 0 Å². The van der Waals surface area contributed by atoms with Crippen molar-refractivity contribution in [3.8, 4) is 11.4 Å². The number of sulfonamides is 1. The van der Waals surface area contributed by atoms with Crippen molar-refractivity contribution >= 4 is 15.9 Å². The minimum absolute atomic E-state index is 0.0611. The van der Waals surface area contributed by atoms with E-state index in [1.165, 1.54) is 7.11 Å². The number of aryl methyl sites for hydroxylation is 2. The van der Waals surface area contributed by atoms with Gasteiger partial charge in [-0.3, -0.25) is 4.79 Å². The quantitative estimate of drug-likeness (QED) is 0.541. The second kappa shape index (κ2) is 9.15. The topological polar surface area (TPSA) is 89.4 Å². The maximum Gasteiger partial charge on any atom is 0.251 e. The molecule has 0 fully saturated rings. The molecule has 1 heterocycles. The summed E-state index contributed by atoms with van der Waals surface area (Å²) in [5.41, 5.74) is 3.25. The van der Waals surface area contributed by atoms with Crippen molar-refractivity contribution in [3.05, 3.63) is 77.6 Å². The number of aromatic nitrogens is 1. The van der Waals surface area contributed by atoms with Gasteiger partial charge >= 0.3 is 0 Å². The number of nitrogens with one attached hydrogen (secondary N) is 2. The molecule has 0 saturated heterocycles. The van der Waals surface area contributed by atoms with E-state index in [0.29, 0.717) is 5.56 Å². The predicted molar refractivity (Wildman–Crippen MR) is 116 cm³/mol. The van der Waals surface area contributed by atoms with Crippen molar-refractivity contribution in [2.45, 2.75) is 18.7 Å². The number of methoxy groups -OCH3 is 1. The maximum absolute atomic E-state index is 12.6. The lowest BCUT2D eigenvalue weighted by Gasteiger charge is -2.13. The highest BCUT2D eigenvalue weighted by Gasteiger charge is 2.20. The summed E-state index contributed by atoms with van der Waals surface area (Å²) in [6.45, 7) is 3.95. The Kier molecular flexibility index (Phi) is 6.59. The van der Waals surface area contributed by atoms with Crippen LogP contribution in [0.5, 0.6) is 5.75 Å². The van der Waals surface area contributed by atoms with Gasteiger partial charge < -0.3 is 14.6 Å². The molecule has 0 aliphatic carbocycles. The van der Waals surface area contributed by atoms with Crippen LogP contribution in [0.2, 0.25) is 0 Å². The van der Waals surface area contributed by atoms with Crippen LogP contribution in [-0.4, -0.2) is 39.1 Å². The Morgan fingerprint density at radius 1 is 1.00 bits per heavy atom. The van der Waals surface area contributed by atoms with Crippen LogP contribution in [0.15, 0.2) is 65.8 Å². The van der Waals surface area contributed by atoms with E-state index in [1.807, 2.05) is 55.1 Å². The smallest absolute Gasteiger partial charge is 0.251 e. The summed E-state index contributed by atoms with van der Waals surface area (Å²) in [6, 6.07) is 14.3. The molecule has 7 nitrogen and oxygen atoms in total. The molecule has 158 valence electrons. The molecule has 0 atom stereocenters. The van der Waals surface area contributed by atoms with Crippen LogP contribution in [-0.2, 0) is 10.0 Å². The third-order valence-electron chi connectivity index (χ3n) is 4.80. The van der Waals surface area contributed by atoms with Gasteiger partial charge in [-0.1, -0.05) is 0 Å². The van der Waals surface area contributed by atoms with Crippen LogP contribution in [0.1, 0.15) is 21.5 Å². The average Bonchev–Trinajstić information content (AvgIpc) is 3.27. The Morgan fingerprint density at radius 2 is 1.63 bits per heavy atom. The van der Waals surface area contributed by atoms with Gasteiger partial charge in [0.15, 0.2) is 0 Å². The summed E-state index contributed by atoms with van der Waals surface area (Å²) >= 11 is 0. The number of hydrogen-bond acceptors (Lipinski definition) is 4. The first-order valence-corrected chi connectivity index (χ1v) is 11.0. The number of carbonyl (C=O) groups is 1. The zero-order chi connectivity index (χ0) is 21.7. The molecule has 2 N–H and O–H groups in total. The summed E-state index contributed by atoms with van der Waals surface area (Å²) in [4.78, 5) is 12.4. The zero-order valence-electron chi connectivity index (χ0n) is 17.2. The molecule has 0 aliphatic heterocycles. The van der Waals surface area contributed by atoms with Gasteiger partial charge in [0.25, 0.3) is 5.91 Å². The highest BCUT2D eigenvalue weighted by molar-refractivity contribution is 7.89. The summed E-state index contributed by atoms with van der Waals surface area (Å²) in [7, 11) is -2.33. The summed E-state index contributed by atoms with van der Waals surface area (Å²) in [5.74, 6) is 0.0226. The molecule has 1 amide bonds. The Hall–Kier alpha value is -3.10. The van der Waals surface area contributed by atoms with Crippen LogP contribution >= 0.6 is 0 Å². The molecular formula is C22H25N3O4S. The molecule has 0 aliphatic rings. The molecule has 3 rings (SSSR count). The highest BCUT2D eigenvalue weighted by atomic mass is 32.2. The lowest BCUT2D eigenvalue weighted by molar-refractivity contribution is 0.0954. The maximum atomic E-state index is 12.6. The Morgan fingerprint density at radius 3 is 2.27 bits per heavy atom. The van der Waals surface area contributed by atoms with Crippen molar-refractivity contribution < 1.29 is 17.9 Å². The lowest BCUT2D eigenvalue weighted by Crippen LogP contribution is -2.34. The molecule has 0 spiro atoms. The molecule has 3 aromatic rings. The SMILES string of the molecule is COc1cc(C)c(C)cc1S(=O)(=O)NCCNC(=O)c1ccc(-n2cccc2)cc1. The van der Waals surface area contributed by atoms with Gasteiger partial charge in [0.05, 0.1) is 7.11 Å². The fourth-order valence-corrected chi connectivity index (χ4v) is 4.23. The van der Waals surface area contributed by atoms with E-state index < -0.39 is 10.0 Å². The van der Waals surface area contributed by atoms with Crippen molar-refractivity contribution in [2.24, 2.45) is 0 Å². The van der Waals surface area contributed by atoms with E-state index in [9.17, 15) is 13.2 Å². The molecule has 2 aromatic carbocycles. The minimum atomic E-state index is -3.76. The normalized spacial score (nSPS) is 11.3. The number of ether oxygens (including phenoxy) is 1. The lowest BCUT2D eigenvalue weighted by atomic mass is 10.1. The molecular weight excluding hydrogens is 402 g/mol. The van der Waals surface area contributed by atoms with Crippen LogP contribution < -0.4 is 14.8 Å². The van der Waals surface area contributed by atoms with Gasteiger partial charge in [-0.2, -0.15) is 0 Å². The van der Waals surface area contributed by atoms with E-state index >= 15 is 0 Å². The largest absolute Gasteiger partial charge is 0.495 e. The Balaban J connectivity index is 1.56. The van der Waals surface area contributed by atoms with Gasteiger partial charge in [-0.05, 0) is 73.5 Å². The summed E-state index contributed by atoms with van der Waals surface area (Å²) in [5, 5.41) is 2.72. The van der Waals surface area contributed by atoms with Crippen molar-refractivity contribution in [1.82, 2.24) is 14.6 Å². The second-order valence-electron chi connectivity index (χ2n) is 6.88. The average molecular weight is 428 g/mol. The standard InChI is InChI=1S/C22H25N3O4S/c1-16-14-20(29-3)21(15-17(16)2)30(27,28)24-11-10-23-22(26)18-6-8-19(9-7-18)25-12-4-5-13-25/h4-9,12-15,24H,10-11H2,1-3H3,(H,23,26). The number of rotatable bonds is 8. The predicted octanol–water partition coefficient (Wildman–Crippen LogP) is 2.81. The highest BCUT2D eigenvalue weighted by Crippen LogP contribution is 2.27. The molecule has 8 heteroatoms. The second-order valence-corrected chi connectivity index (χ2v) is 8.61. The van der Waals surface area contributed by atoms with Crippen LogP contribution in [0.4, 0.5) is 0 Å². The van der Waals surface area contributed by atoms with Crippen LogP contribution in [0, 0.1) is 13.8 Å². The fraction of sp³-hybridized carbons (Fsp3) is 0.227. The van der Waals surface area contributed by atoms with E-state index in [-0.39, 0.29) is 29.6 Å². The number of benzene rings is 2. The Bertz CT molecular complexity index is 1120. The number of carbonyl (C=O) groups excluding carboxylic acids is 1.